The van der Waals surface area contributed by atoms with Crippen molar-refractivity contribution in [3.8, 4) is 5.75 Å². The third-order valence-electron chi connectivity index (χ3n) is 3.21. The summed E-state index contributed by atoms with van der Waals surface area (Å²) < 4.78 is 0. The van der Waals surface area contributed by atoms with Crippen LogP contribution in [0.15, 0.2) is 18.2 Å². The first-order chi connectivity index (χ1) is 9.38. The molecule has 0 bridgehead atoms. The van der Waals surface area contributed by atoms with Crippen molar-refractivity contribution in [3.05, 3.63) is 23.8 Å². The van der Waals surface area contributed by atoms with Gasteiger partial charge in [-0.3, -0.25) is 9.59 Å². The van der Waals surface area contributed by atoms with Gasteiger partial charge in [0, 0.05) is 31.8 Å². The van der Waals surface area contributed by atoms with Crippen LogP contribution in [0, 0.1) is 5.92 Å². The Balaban J connectivity index is 2.07. The van der Waals surface area contributed by atoms with Crippen LogP contribution in [0.4, 0.5) is 5.69 Å². The molecule has 1 aliphatic heterocycles. The van der Waals surface area contributed by atoms with E-state index in [0.717, 1.165) is 0 Å². The molecule has 1 aromatic rings. The van der Waals surface area contributed by atoms with E-state index in [0.29, 0.717) is 12.2 Å². The smallest absolute Gasteiger partial charge is 0.339 e. The molecule has 1 atom stereocenters. The Morgan fingerprint density at radius 1 is 1.40 bits per heavy atom. The van der Waals surface area contributed by atoms with Crippen LogP contribution in [-0.2, 0) is 9.59 Å². The summed E-state index contributed by atoms with van der Waals surface area (Å²) in [5.74, 6) is -2.52. The van der Waals surface area contributed by atoms with E-state index in [2.05, 4.69) is 5.32 Å². The summed E-state index contributed by atoms with van der Waals surface area (Å²) in [6, 6.07) is 3.77. The zero-order valence-electron chi connectivity index (χ0n) is 10.8. The molecule has 1 fully saturated rings. The monoisotopic (exact) mass is 278 g/mol. The van der Waals surface area contributed by atoms with Crippen LogP contribution in [0.1, 0.15) is 16.8 Å². The normalized spacial score (nSPS) is 18.1. The van der Waals surface area contributed by atoms with E-state index in [9.17, 15) is 19.5 Å². The Bertz CT molecular complexity index is 584. The molecule has 0 radical (unpaired) electrons. The van der Waals surface area contributed by atoms with Gasteiger partial charge in [0.05, 0.1) is 5.92 Å². The van der Waals surface area contributed by atoms with Crippen LogP contribution in [0.5, 0.6) is 5.75 Å². The third-order valence-corrected chi connectivity index (χ3v) is 3.21. The SMILES string of the molecule is CN1CC(C(=O)Nc2ccc(C(=O)O)c(O)c2)CC1=O. The molecule has 2 amide bonds. The number of nitrogens with one attached hydrogen (secondary N) is 1. The maximum absolute atomic E-state index is 11.9. The van der Waals surface area contributed by atoms with Crippen LogP contribution in [0.2, 0.25) is 0 Å². The first-order valence-electron chi connectivity index (χ1n) is 5.99. The van der Waals surface area contributed by atoms with Gasteiger partial charge in [0.25, 0.3) is 0 Å². The standard InChI is InChI=1S/C13H14N2O5/c1-15-6-7(4-11(15)17)12(18)14-8-2-3-9(13(19)20)10(16)5-8/h2-3,5,7,16H,4,6H2,1H3,(H,14,18)(H,19,20). The van der Waals surface area contributed by atoms with Crippen molar-refractivity contribution in [2.24, 2.45) is 5.92 Å². The van der Waals surface area contributed by atoms with E-state index in [1.165, 1.54) is 23.1 Å². The maximum atomic E-state index is 11.9. The van der Waals surface area contributed by atoms with Crippen LogP contribution in [-0.4, -0.2) is 46.5 Å². The summed E-state index contributed by atoms with van der Waals surface area (Å²) in [6.45, 7) is 0.351. The topological polar surface area (TPSA) is 107 Å². The number of carboxylic acids is 1. The highest BCUT2D eigenvalue weighted by atomic mass is 16.4. The molecule has 2 rings (SSSR count). The number of hydrogen-bond acceptors (Lipinski definition) is 4. The second kappa shape index (κ2) is 5.20. The molecule has 7 nitrogen and oxygen atoms in total. The van der Waals surface area contributed by atoms with Crippen molar-refractivity contribution in [1.29, 1.82) is 0 Å². The van der Waals surface area contributed by atoms with Crippen LogP contribution in [0.3, 0.4) is 0 Å². The Kier molecular flexibility index (Phi) is 3.60. The zero-order valence-corrected chi connectivity index (χ0v) is 10.8. The largest absolute Gasteiger partial charge is 0.507 e. The number of nitrogens with zero attached hydrogens (tertiary/aromatic N) is 1. The third kappa shape index (κ3) is 2.71. The highest BCUT2D eigenvalue weighted by molar-refractivity contribution is 5.98. The number of amides is 2. The van der Waals surface area contributed by atoms with Gasteiger partial charge >= 0.3 is 5.97 Å². The number of rotatable bonds is 3. The summed E-state index contributed by atoms with van der Waals surface area (Å²) in [6.07, 6.45) is 0.154. The number of aromatic hydroxyl groups is 1. The van der Waals surface area contributed by atoms with Crippen molar-refractivity contribution in [2.75, 3.05) is 18.9 Å². The van der Waals surface area contributed by atoms with Crippen LogP contribution in [0.25, 0.3) is 0 Å². The lowest BCUT2D eigenvalue weighted by molar-refractivity contribution is -0.127. The molecule has 7 heteroatoms. The fraction of sp³-hybridized carbons (Fsp3) is 0.308. The highest BCUT2D eigenvalue weighted by Crippen LogP contribution is 2.23. The van der Waals surface area contributed by atoms with Gasteiger partial charge in [-0.25, -0.2) is 4.79 Å². The predicted molar refractivity (Wildman–Crippen MR) is 69.4 cm³/mol. The van der Waals surface area contributed by atoms with Gasteiger partial charge in [0.2, 0.25) is 11.8 Å². The minimum absolute atomic E-state index is 0.0887. The van der Waals surface area contributed by atoms with Crippen LogP contribution < -0.4 is 5.32 Å². The van der Waals surface area contributed by atoms with Crippen molar-refractivity contribution < 1.29 is 24.6 Å². The van der Waals surface area contributed by atoms with Gasteiger partial charge in [-0.2, -0.15) is 0 Å². The molecule has 1 heterocycles. The minimum Gasteiger partial charge on any atom is -0.507 e. The molecular formula is C13H14N2O5. The predicted octanol–water partition coefficient (Wildman–Crippen LogP) is 0.507. The minimum atomic E-state index is -1.25. The van der Waals surface area contributed by atoms with E-state index in [1.807, 2.05) is 0 Å². The quantitative estimate of drug-likeness (QED) is 0.746. The molecule has 1 aliphatic rings. The molecule has 1 saturated heterocycles. The number of phenols is 1. The number of carbonyl (C=O) groups excluding carboxylic acids is 2. The van der Waals surface area contributed by atoms with E-state index >= 15 is 0 Å². The highest BCUT2D eigenvalue weighted by Gasteiger charge is 2.32. The van der Waals surface area contributed by atoms with Crippen molar-refractivity contribution in [2.45, 2.75) is 6.42 Å². The number of carbonyl (C=O) groups is 3. The van der Waals surface area contributed by atoms with Crippen LogP contribution >= 0.6 is 0 Å². The van der Waals surface area contributed by atoms with E-state index < -0.39 is 17.6 Å². The second-order valence-electron chi connectivity index (χ2n) is 4.70. The number of anilines is 1. The van der Waals surface area contributed by atoms with Gasteiger partial charge in [-0.05, 0) is 12.1 Å². The molecule has 3 N–H and O–H groups in total. The van der Waals surface area contributed by atoms with E-state index in [-0.39, 0.29) is 23.8 Å². The molecular weight excluding hydrogens is 264 g/mol. The van der Waals surface area contributed by atoms with Gasteiger partial charge in [0.15, 0.2) is 0 Å². The van der Waals surface area contributed by atoms with Gasteiger partial charge in [-0.15, -0.1) is 0 Å². The number of carboxylic acid groups (broad SMARTS) is 1. The first-order valence-corrected chi connectivity index (χ1v) is 5.99. The lowest BCUT2D eigenvalue weighted by Gasteiger charge is -2.11. The van der Waals surface area contributed by atoms with Crippen molar-refractivity contribution >= 4 is 23.5 Å². The number of hydrogen-bond donors (Lipinski definition) is 3. The fourth-order valence-corrected chi connectivity index (χ4v) is 2.07. The molecule has 1 aromatic carbocycles. The molecule has 0 spiro atoms. The van der Waals surface area contributed by atoms with Gasteiger partial charge < -0.3 is 20.4 Å². The molecule has 0 aliphatic carbocycles. The van der Waals surface area contributed by atoms with Gasteiger partial charge in [0.1, 0.15) is 11.3 Å². The summed E-state index contributed by atoms with van der Waals surface area (Å²) in [5.41, 5.74) is 0.0540. The van der Waals surface area contributed by atoms with Crippen molar-refractivity contribution in [1.82, 2.24) is 4.90 Å². The Morgan fingerprint density at radius 2 is 2.10 bits per heavy atom. The molecule has 0 saturated carbocycles. The fourth-order valence-electron chi connectivity index (χ4n) is 2.07. The number of likely N-dealkylation sites (tertiary alicyclic amines) is 1. The molecule has 106 valence electrons. The molecule has 20 heavy (non-hydrogen) atoms. The molecule has 0 aromatic heterocycles. The van der Waals surface area contributed by atoms with E-state index in [1.54, 1.807) is 7.05 Å². The lowest BCUT2D eigenvalue weighted by atomic mass is 10.1. The Hall–Kier alpha value is -2.57. The van der Waals surface area contributed by atoms with E-state index in [4.69, 9.17) is 5.11 Å². The number of benzene rings is 1. The Labute approximate surface area is 114 Å². The summed E-state index contributed by atoms with van der Waals surface area (Å²) in [5, 5.41) is 20.9. The number of aromatic carboxylic acids is 1. The summed E-state index contributed by atoms with van der Waals surface area (Å²) in [4.78, 5) is 35.5. The van der Waals surface area contributed by atoms with Gasteiger partial charge in [-0.1, -0.05) is 0 Å². The average Bonchev–Trinajstić information content (AvgIpc) is 2.69. The zero-order chi connectivity index (χ0) is 14.9. The summed E-state index contributed by atoms with van der Waals surface area (Å²) in [7, 11) is 1.63. The second-order valence-corrected chi connectivity index (χ2v) is 4.70. The lowest BCUT2D eigenvalue weighted by Crippen LogP contribution is -2.25. The molecule has 1 unspecified atom stereocenters. The first kappa shape index (κ1) is 13.9. The maximum Gasteiger partial charge on any atom is 0.339 e. The summed E-state index contributed by atoms with van der Waals surface area (Å²) >= 11 is 0. The van der Waals surface area contributed by atoms with Crippen molar-refractivity contribution in [3.63, 3.8) is 0 Å². The Morgan fingerprint density at radius 3 is 2.60 bits per heavy atom. The average molecular weight is 278 g/mol.